The SMILES string of the molecule is COP(=O)(CC(=O)C#CCC/C(C)=C/CC(C)(C)C=O)OC. The molecule has 6 heteroatoms. The minimum atomic E-state index is -3.33. The maximum absolute atomic E-state index is 11.7. The van der Waals surface area contributed by atoms with Gasteiger partial charge < -0.3 is 13.8 Å². The molecule has 0 saturated heterocycles. The van der Waals surface area contributed by atoms with Gasteiger partial charge in [-0.2, -0.15) is 0 Å². The summed E-state index contributed by atoms with van der Waals surface area (Å²) in [5, 5.41) is 0. The monoisotopic (exact) mass is 328 g/mol. The lowest BCUT2D eigenvalue weighted by Crippen LogP contribution is -2.11. The fourth-order valence-electron chi connectivity index (χ4n) is 1.43. The van der Waals surface area contributed by atoms with Gasteiger partial charge in [0.2, 0.25) is 5.78 Å². The van der Waals surface area contributed by atoms with Crippen LogP contribution >= 0.6 is 7.60 Å². The Hall–Kier alpha value is -1.21. The van der Waals surface area contributed by atoms with Gasteiger partial charge in [-0.25, -0.2) is 0 Å². The molecule has 0 N–H and O–H groups in total. The standard InChI is InChI=1S/C16H25O5P/c1-14(10-11-16(2,3)13-17)8-6-7-9-15(18)12-22(19,20-4)21-5/h10,13H,6,8,11-12H2,1-5H3/b14-10+. The van der Waals surface area contributed by atoms with Crippen LogP contribution in [-0.4, -0.2) is 32.5 Å². The Morgan fingerprint density at radius 1 is 1.27 bits per heavy atom. The van der Waals surface area contributed by atoms with Crippen LogP contribution in [0.15, 0.2) is 11.6 Å². The van der Waals surface area contributed by atoms with Gasteiger partial charge in [-0.05, 0) is 25.7 Å². The van der Waals surface area contributed by atoms with Crippen molar-refractivity contribution in [2.75, 3.05) is 20.4 Å². The van der Waals surface area contributed by atoms with Gasteiger partial charge in [-0.15, -0.1) is 0 Å². The molecule has 0 aromatic carbocycles. The summed E-state index contributed by atoms with van der Waals surface area (Å²) in [4.78, 5) is 22.4. The number of rotatable bonds is 9. The van der Waals surface area contributed by atoms with Gasteiger partial charge in [-0.3, -0.25) is 9.36 Å². The van der Waals surface area contributed by atoms with E-state index in [4.69, 9.17) is 0 Å². The van der Waals surface area contributed by atoms with E-state index in [0.717, 1.165) is 18.3 Å². The molecular weight excluding hydrogens is 303 g/mol. The van der Waals surface area contributed by atoms with Gasteiger partial charge in [0.1, 0.15) is 12.4 Å². The molecule has 0 heterocycles. The highest BCUT2D eigenvalue weighted by molar-refractivity contribution is 7.54. The van der Waals surface area contributed by atoms with Gasteiger partial charge in [0, 0.05) is 26.1 Å². The summed E-state index contributed by atoms with van der Waals surface area (Å²) in [6, 6.07) is 0. The molecule has 5 nitrogen and oxygen atoms in total. The molecule has 0 rings (SSSR count). The fraction of sp³-hybridized carbons (Fsp3) is 0.625. The topological polar surface area (TPSA) is 69.7 Å². The maximum atomic E-state index is 11.7. The Morgan fingerprint density at radius 3 is 2.36 bits per heavy atom. The van der Waals surface area contributed by atoms with E-state index in [1.54, 1.807) is 0 Å². The Morgan fingerprint density at radius 2 is 1.86 bits per heavy atom. The zero-order valence-corrected chi connectivity index (χ0v) is 14.9. The van der Waals surface area contributed by atoms with Gasteiger partial charge in [-0.1, -0.05) is 31.4 Å². The third kappa shape index (κ3) is 8.94. The first-order valence-corrected chi connectivity index (χ1v) is 8.75. The molecule has 0 fully saturated rings. The van der Waals surface area contributed by atoms with Crippen molar-refractivity contribution >= 4 is 19.7 Å². The van der Waals surface area contributed by atoms with Crippen LogP contribution in [0.1, 0.15) is 40.0 Å². The van der Waals surface area contributed by atoms with Crippen molar-refractivity contribution in [1.82, 2.24) is 0 Å². The molecule has 0 aromatic heterocycles. The van der Waals surface area contributed by atoms with Gasteiger partial charge in [0.25, 0.3) is 0 Å². The zero-order valence-electron chi connectivity index (χ0n) is 14.0. The average Bonchev–Trinajstić information content (AvgIpc) is 2.49. The lowest BCUT2D eigenvalue weighted by molar-refractivity contribution is -0.114. The number of ketones is 1. The van der Waals surface area contributed by atoms with Gasteiger partial charge in [0.15, 0.2) is 0 Å². The van der Waals surface area contributed by atoms with E-state index < -0.39 is 13.4 Å². The van der Waals surface area contributed by atoms with E-state index in [2.05, 4.69) is 20.9 Å². The van der Waals surface area contributed by atoms with E-state index in [1.807, 2.05) is 26.8 Å². The number of Topliss-reactive ketones (excluding diaryl/α,β-unsaturated/α-hetero) is 1. The van der Waals surface area contributed by atoms with Crippen LogP contribution in [0.2, 0.25) is 0 Å². The van der Waals surface area contributed by atoms with Crippen LogP contribution in [0.25, 0.3) is 0 Å². The normalized spacial score (nSPS) is 12.5. The van der Waals surface area contributed by atoms with Crippen LogP contribution in [0.5, 0.6) is 0 Å². The molecule has 0 amide bonds. The highest BCUT2D eigenvalue weighted by Crippen LogP contribution is 2.45. The minimum absolute atomic E-state index is 0.338. The van der Waals surface area contributed by atoms with Crippen molar-refractivity contribution in [2.24, 2.45) is 5.41 Å². The van der Waals surface area contributed by atoms with Crippen molar-refractivity contribution in [2.45, 2.75) is 40.0 Å². The summed E-state index contributed by atoms with van der Waals surface area (Å²) in [5.41, 5.74) is 0.765. The van der Waals surface area contributed by atoms with E-state index in [9.17, 15) is 14.2 Å². The third-order valence-corrected chi connectivity index (χ3v) is 4.85. The highest BCUT2D eigenvalue weighted by Gasteiger charge is 2.24. The highest BCUT2D eigenvalue weighted by atomic mass is 31.2. The van der Waals surface area contributed by atoms with Crippen molar-refractivity contribution in [3.63, 3.8) is 0 Å². The molecular formula is C16H25O5P. The summed E-state index contributed by atoms with van der Waals surface area (Å²) in [5.74, 6) is 4.73. The first-order chi connectivity index (χ1) is 10.2. The molecule has 124 valence electrons. The molecule has 0 bridgehead atoms. The fourth-order valence-corrected chi connectivity index (χ4v) is 2.27. The Bertz CT molecular complexity index is 514. The van der Waals surface area contributed by atoms with E-state index in [1.165, 1.54) is 14.2 Å². The van der Waals surface area contributed by atoms with Crippen molar-refractivity contribution in [3.8, 4) is 11.8 Å². The van der Waals surface area contributed by atoms with Crippen LogP contribution in [-0.2, 0) is 23.2 Å². The van der Waals surface area contributed by atoms with Crippen molar-refractivity contribution in [3.05, 3.63) is 11.6 Å². The molecule has 22 heavy (non-hydrogen) atoms. The summed E-state index contributed by atoms with van der Waals surface area (Å²) in [6.45, 7) is 5.73. The van der Waals surface area contributed by atoms with E-state index >= 15 is 0 Å². The minimum Gasteiger partial charge on any atom is -0.312 e. The third-order valence-electron chi connectivity index (χ3n) is 3.06. The molecule has 0 unspecified atom stereocenters. The van der Waals surface area contributed by atoms with Crippen LogP contribution < -0.4 is 0 Å². The number of hydrogen-bond donors (Lipinski definition) is 0. The molecule has 0 aromatic rings. The predicted molar refractivity (Wildman–Crippen MR) is 86.7 cm³/mol. The second-order valence-corrected chi connectivity index (χ2v) is 7.99. The van der Waals surface area contributed by atoms with Crippen molar-refractivity contribution < 1.29 is 23.2 Å². The lowest BCUT2D eigenvalue weighted by atomic mass is 9.90. The summed E-state index contributed by atoms with van der Waals surface area (Å²) < 4.78 is 21.1. The second-order valence-electron chi connectivity index (χ2n) is 5.72. The summed E-state index contributed by atoms with van der Waals surface area (Å²) in [7, 11) is -0.862. The molecule has 0 saturated carbocycles. The van der Waals surface area contributed by atoms with Crippen molar-refractivity contribution in [1.29, 1.82) is 0 Å². The number of hydrogen-bond acceptors (Lipinski definition) is 5. The Labute approximate surface area is 133 Å². The van der Waals surface area contributed by atoms with E-state index in [0.29, 0.717) is 12.8 Å². The molecule has 0 radical (unpaired) electrons. The largest absolute Gasteiger partial charge is 0.338 e. The Kier molecular flexibility index (Phi) is 9.20. The first-order valence-electron chi connectivity index (χ1n) is 7.02. The number of allylic oxidation sites excluding steroid dienone is 2. The number of aldehydes is 1. The summed E-state index contributed by atoms with van der Waals surface area (Å²) in [6.07, 6.45) is 4.55. The molecule has 0 aliphatic carbocycles. The first kappa shape index (κ1) is 20.8. The summed E-state index contributed by atoms with van der Waals surface area (Å²) >= 11 is 0. The number of carbonyl (C=O) groups is 2. The number of carbonyl (C=O) groups excluding carboxylic acids is 2. The maximum Gasteiger partial charge on any atom is 0.338 e. The molecule has 0 atom stereocenters. The van der Waals surface area contributed by atoms with Crippen LogP contribution in [0.3, 0.4) is 0 Å². The second kappa shape index (κ2) is 9.74. The zero-order chi connectivity index (χ0) is 17.2. The van der Waals surface area contributed by atoms with Crippen LogP contribution in [0, 0.1) is 17.3 Å². The van der Waals surface area contributed by atoms with Gasteiger partial charge in [0.05, 0.1) is 0 Å². The average molecular weight is 328 g/mol. The predicted octanol–water partition coefficient (Wildman–Crippen LogP) is 3.39. The molecule has 0 aliphatic rings. The Balaban J connectivity index is 4.32. The van der Waals surface area contributed by atoms with E-state index in [-0.39, 0.29) is 11.6 Å². The van der Waals surface area contributed by atoms with Crippen LogP contribution in [0.4, 0.5) is 0 Å². The molecule has 0 spiro atoms. The van der Waals surface area contributed by atoms with Gasteiger partial charge >= 0.3 is 7.60 Å². The quantitative estimate of drug-likeness (QED) is 0.213. The smallest absolute Gasteiger partial charge is 0.312 e. The lowest BCUT2D eigenvalue weighted by Gasteiger charge is -2.13. The molecule has 0 aliphatic heterocycles.